The maximum absolute atomic E-state index is 3.61. The number of halogens is 1. The van der Waals surface area contributed by atoms with Crippen molar-refractivity contribution in [1.29, 1.82) is 0 Å². The molecule has 15 heavy (non-hydrogen) atoms. The Morgan fingerprint density at radius 3 is 1.80 bits per heavy atom. The van der Waals surface area contributed by atoms with Crippen LogP contribution in [0.3, 0.4) is 0 Å². The molecule has 0 fully saturated rings. The molecule has 0 heterocycles. The molecule has 0 aliphatic heterocycles. The number of hydrogen-bond acceptors (Lipinski definition) is 0. The Labute approximate surface area is 102 Å². The van der Waals surface area contributed by atoms with Gasteiger partial charge in [-0.15, -0.1) is 0 Å². The van der Waals surface area contributed by atoms with Gasteiger partial charge in [0.25, 0.3) is 0 Å². The first-order valence-corrected chi connectivity index (χ1v) is 6.57. The van der Waals surface area contributed by atoms with Crippen LogP contribution in [0.1, 0.15) is 45.7 Å². The molecule has 0 saturated heterocycles. The third-order valence-corrected chi connectivity index (χ3v) is 4.20. The SMILES string of the molecule is CC(C)(C)c1ccccc1C(C)(C)CBr. The summed E-state index contributed by atoms with van der Waals surface area (Å²) in [5.41, 5.74) is 3.32. The predicted molar refractivity (Wildman–Crippen MR) is 72.0 cm³/mol. The zero-order chi connectivity index (χ0) is 11.7. The summed E-state index contributed by atoms with van der Waals surface area (Å²) in [6.07, 6.45) is 0. The molecule has 0 N–H and O–H groups in total. The van der Waals surface area contributed by atoms with Gasteiger partial charge in [0, 0.05) is 5.33 Å². The molecule has 84 valence electrons. The van der Waals surface area contributed by atoms with Crippen molar-refractivity contribution >= 4 is 15.9 Å². The first kappa shape index (κ1) is 12.8. The van der Waals surface area contributed by atoms with Crippen LogP contribution in [-0.4, -0.2) is 5.33 Å². The van der Waals surface area contributed by atoms with E-state index in [1.807, 2.05) is 0 Å². The van der Waals surface area contributed by atoms with Crippen LogP contribution in [0.4, 0.5) is 0 Å². The van der Waals surface area contributed by atoms with Gasteiger partial charge in [-0.1, -0.05) is 74.8 Å². The molecule has 0 radical (unpaired) electrons. The monoisotopic (exact) mass is 268 g/mol. The van der Waals surface area contributed by atoms with Crippen molar-refractivity contribution in [1.82, 2.24) is 0 Å². The highest BCUT2D eigenvalue weighted by atomic mass is 79.9. The van der Waals surface area contributed by atoms with Crippen molar-refractivity contribution in [3.8, 4) is 0 Å². The average molecular weight is 269 g/mol. The van der Waals surface area contributed by atoms with Crippen LogP contribution in [0, 0.1) is 0 Å². The molecule has 0 aromatic heterocycles. The average Bonchev–Trinajstić information content (AvgIpc) is 2.16. The van der Waals surface area contributed by atoms with Crippen LogP contribution in [-0.2, 0) is 10.8 Å². The largest absolute Gasteiger partial charge is 0.0919 e. The minimum absolute atomic E-state index is 0.198. The Morgan fingerprint density at radius 2 is 1.40 bits per heavy atom. The van der Waals surface area contributed by atoms with E-state index in [2.05, 4.69) is 74.8 Å². The second kappa shape index (κ2) is 4.29. The third-order valence-electron chi connectivity index (χ3n) is 2.80. The van der Waals surface area contributed by atoms with E-state index in [4.69, 9.17) is 0 Å². The molecule has 0 bridgehead atoms. The topological polar surface area (TPSA) is 0 Å². The van der Waals surface area contributed by atoms with E-state index < -0.39 is 0 Å². The van der Waals surface area contributed by atoms with Crippen molar-refractivity contribution in [2.24, 2.45) is 0 Å². The minimum atomic E-state index is 0.198. The summed E-state index contributed by atoms with van der Waals surface area (Å²) < 4.78 is 0. The summed E-state index contributed by atoms with van der Waals surface area (Å²) >= 11 is 3.61. The van der Waals surface area contributed by atoms with E-state index in [0.717, 1.165) is 5.33 Å². The summed E-state index contributed by atoms with van der Waals surface area (Å²) in [7, 11) is 0. The number of benzene rings is 1. The van der Waals surface area contributed by atoms with Gasteiger partial charge in [-0.25, -0.2) is 0 Å². The van der Waals surface area contributed by atoms with Crippen molar-refractivity contribution in [2.75, 3.05) is 5.33 Å². The van der Waals surface area contributed by atoms with Crippen LogP contribution < -0.4 is 0 Å². The molecule has 0 saturated carbocycles. The summed E-state index contributed by atoms with van der Waals surface area (Å²) in [4.78, 5) is 0. The van der Waals surface area contributed by atoms with Crippen molar-refractivity contribution in [3.63, 3.8) is 0 Å². The maximum Gasteiger partial charge on any atom is 0.0123 e. The molecule has 1 aromatic rings. The molecule has 0 atom stereocenters. The predicted octanol–water partition coefficient (Wildman–Crippen LogP) is 4.66. The summed E-state index contributed by atoms with van der Waals surface area (Å²) in [6, 6.07) is 8.77. The summed E-state index contributed by atoms with van der Waals surface area (Å²) in [6.45, 7) is 11.4. The lowest BCUT2D eigenvalue weighted by Gasteiger charge is -2.31. The smallest absolute Gasteiger partial charge is 0.0123 e. The van der Waals surface area contributed by atoms with E-state index >= 15 is 0 Å². The van der Waals surface area contributed by atoms with Crippen molar-refractivity contribution in [2.45, 2.75) is 45.4 Å². The fourth-order valence-corrected chi connectivity index (χ4v) is 2.10. The van der Waals surface area contributed by atoms with Crippen LogP contribution in [0.5, 0.6) is 0 Å². The van der Waals surface area contributed by atoms with E-state index in [1.54, 1.807) is 0 Å². The second-order valence-corrected chi connectivity index (χ2v) is 6.37. The van der Waals surface area contributed by atoms with Gasteiger partial charge < -0.3 is 0 Å². The fraction of sp³-hybridized carbons (Fsp3) is 0.571. The molecule has 0 aliphatic carbocycles. The van der Waals surface area contributed by atoms with Crippen LogP contribution in [0.2, 0.25) is 0 Å². The Kier molecular flexibility index (Phi) is 3.65. The highest BCUT2D eigenvalue weighted by Crippen LogP contribution is 2.34. The number of hydrogen-bond donors (Lipinski definition) is 0. The van der Waals surface area contributed by atoms with E-state index in [9.17, 15) is 0 Å². The third kappa shape index (κ3) is 2.84. The Hall–Kier alpha value is -0.300. The van der Waals surface area contributed by atoms with Gasteiger partial charge in [-0.05, 0) is 22.0 Å². The lowest BCUT2D eigenvalue weighted by Crippen LogP contribution is -2.25. The lowest BCUT2D eigenvalue weighted by atomic mass is 9.75. The van der Waals surface area contributed by atoms with Gasteiger partial charge in [0.15, 0.2) is 0 Å². The standard InChI is InChI=1S/C14H21Br/c1-13(2,3)11-8-6-7-9-12(11)14(4,5)10-15/h6-9H,10H2,1-5H3. The zero-order valence-corrected chi connectivity index (χ0v) is 12.0. The molecule has 0 amide bonds. The Bertz CT molecular complexity index is 331. The molecule has 0 nitrogen and oxygen atoms in total. The molecular formula is C14H21Br. The highest BCUT2D eigenvalue weighted by molar-refractivity contribution is 9.09. The Balaban J connectivity index is 3.31. The minimum Gasteiger partial charge on any atom is -0.0919 e. The van der Waals surface area contributed by atoms with Crippen molar-refractivity contribution < 1.29 is 0 Å². The molecule has 0 aliphatic rings. The van der Waals surface area contributed by atoms with E-state index in [0.29, 0.717) is 0 Å². The first-order valence-electron chi connectivity index (χ1n) is 5.45. The van der Waals surface area contributed by atoms with Gasteiger partial charge in [-0.3, -0.25) is 0 Å². The molecular weight excluding hydrogens is 248 g/mol. The summed E-state index contributed by atoms with van der Waals surface area (Å²) in [5.74, 6) is 0. The normalized spacial score (nSPS) is 12.9. The van der Waals surface area contributed by atoms with Gasteiger partial charge in [-0.2, -0.15) is 0 Å². The number of rotatable bonds is 2. The highest BCUT2D eigenvalue weighted by Gasteiger charge is 2.26. The lowest BCUT2D eigenvalue weighted by molar-refractivity contribution is 0.537. The number of alkyl halides is 1. The van der Waals surface area contributed by atoms with E-state index in [1.165, 1.54) is 11.1 Å². The van der Waals surface area contributed by atoms with Gasteiger partial charge in [0.1, 0.15) is 0 Å². The first-order chi connectivity index (χ1) is 6.79. The quantitative estimate of drug-likeness (QED) is 0.685. The van der Waals surface area contributed by atoms with Gasteiger partial charge in [0.05, 0.1) is 0 Å². The van der Waals surface area contributed by atoms with Gasteiger partial charge in [0.2, 0.25) is 0 Å². The molecule has 1 heteroatoms. The van der Waals surface area contributed by atoms with Crippen molar-refractivity contribution in [3.05, 3.63) is 35.4 Å². The molecule has 1 rings (SSSR count). The zero-order valence-electron chi connectivity index (χ0n) is 10.4. The molecule has 0 spiro atoms. The fourth-order valence-electron chi connectivity index (χ4n) is 1.80. The molecule has 0 unspecified atom stereocenters. The Morgan fingerprint density at radius 1 is 0.933 bits per heavy atom. The summed E-state index contributed by atoms with van der Waals surface area (Å²) in [5, 5.41) is 0.993. The van der Waals surface area contributed by atoms with Gasteiger partial charge >= 0.3 is 0 Å². The van der Waals surface area contributed by atoms with Crippen LogP contribution in [0.25, 0.3) is 0 Å². The van der Waals surface area contributed by atoms with Crippen LogP contribution in [0.15, 0.2) is 24.3 Å². The van der Waals surface area contributed by atoms with Crippen LogP contribution >= 0.6 is 15.9 Å². The molecule has 1 aromatic carbocycles. The maximum atomic E-state index is 3.61. The second-order valence-electron chi connectivity index (χ2n) is 5.81. The van der Waals surface area contributed by atoms with E-state index in [-0.39, 0.29) is 10.8 Å².